The van der Waals surface area contributed by atoms with Crippen LogP contribution in [0, 0.1) is 0 Å². The van der Waals surface area contributed by atoms with Crippen LogP contribution < -0.4 is 10.6 Å². The second kappa shape index (κ2) is 5.06. The van der Waals surface area contributed by atoms with E-state index < -0.39 is 0 Å². The number of rotatable bonds is 3. The summed E-state index contributed by atoms with van der Waals surface area (Å²) in [5, 5.41) is 6.18. The maximum atomic E-state index is 12.0. The molecule has 0 radical (unpaired) electrons. The molecule has 2 heterocycles. The summed E-state index contributed by atoms with van der Waals surface area (Å²) in [6.45, 7) is 4.74. The number of carbonyl (C=O) groups excluding carboxylic acids is 1. The van der Waals surface area contributed by atoms with Gasteiger partial charge in [0, 0.05) is 29.6 Å². The van der Waals surface area contributed by atoms with Gasteiger partial charge in [-0.3, -0.25) is 15.1 Å². The Kier molecular flexibility index (Phi) is 3.69. The van der Waals surface area contributed by atoms with Gasteiger partial charge in [-0.15, -0.1) is 11.8 Å². The van der Waals surface area contributed by atoms with E-state index in [9.17, 15) is 4.79 Å². The highest BCUT2D eigenvalue weighted by molar-refractivity contribution is 8.00. The zero-order chi connectivity index (χ0) is 12.3. The van der Waals surface area contributed by atoms with E-state index in [1.165, 1.54) is 0 Å². The average molecular weight is 251 g/mol. The van der Waals surface area contributed by atoms with Gasteiger partial charge >= 0.3 is 0 Å². The number of thioether (sulfide) groups is 1. The zero-order valence-corrected chi connectivity index (χ0v) is 10.9. The summed E-state index contributed by atoms with van der Waals surface area (Å²) in [5.74, 6) is 0.900. The number of hydrogen-bond donors (Lipinski definition) is 2. The molecule has 2 rings (SSSR count). The van der Waals surface area contributed by atoms with E-state index in [0.29, 0.717) is 6.54 Å². The molecule has 1 aromatic heterocycles. The first-order valence-electron chi connectivity index (χ1n) is 5.63. The molecule has 1 aromatic rings. The van der Waals surface area contributed by atoms with E-state index in [1.807, 2.05) is 12.1 Å². The van der Waals surface area contributed by atoms with Crippen LogP contribution >= 0.6 is 11.8 Å². The number of pyridine rings is 1. The van der Waals surface area contributed by atoms with Crippen molar-refractivity contribution in [1.29, 1.82) is 0 Å². The fourth-order valence-corrected chi connectivity index (χ4v) is 2.82. The van der Waals surface area contributed by atoms with Crippen LogP contribution in [0.4, 0.5) is 0 Å². The minimum atomic E-state index is -0.116. The number of aromatic nitrogens is 1. The lowest BCUT2D eigenvalue weighted by atomic mass is 10.0. The summed E-state index contributed by atoms with van der Waals surface area (Å²) in [6.07, 6.45) is 3.46. The standard InChI is InChI=1S/C12H17N3OS/c1-12(2)10(15-8-17-12)11(16)14-7-9-3-5-13-6-4-9/h3-6,10,15H,7-8H2,1-2H3,(H,14,16)/t10-/m1/s1. The van der Waals surface area contributed by atoms with Gasteiger partial charge in [0.05, 0.1) is 0 Å². The molecule has 0 unspecified atom stereocenters. The molecule has 1 fully saturated rings. The summed E-state index contributed by atoms with van der Waals surface area (Å²) >= 11 is 1.78. The van der Waals surface area contributed by atoms with Crippen molar-refractivity contribution in [3.8, 4) is 0 Å². The van der Waals surface area contributed by atoms with E-state index in [-0.39, 0.29) is 16.7 Å². The van der Waals surface area contributed by atoms with Crippen LogP contribution in [0.25, 0.3) is 0 Å². The van der Waals surface area contributed by atoms with E-state index in [2.05, 4.69) is 29.5 Å². The van der Waals surface area contributed by atoms with Crippen molar-refractivity contribution in [2.75, 3.05) is 5.88 Å². The van der Waals surface area contributed by atoms with Gasteiger partial charge < -0.3 is 5.32 Å². The summed E-state index contributed by atoms with van der Waals surface area (Å²) in [6, 6.07) is 3.69. The van der Waals surface area contributed by atoms with Crippen LogP contribution in [-0.2, 0) is 11.3 Å². The summed E-state index contributed by atoms with van der Waals surface area (Å²) in [4.78, 5) is 16.0. The second-order valence-electron chi connectivity index (χ2n) is 4.60. The maximum Gasteiger partial charge on any atom is 0.238 e. The Morgan fingerprint density at radius 3 is 2.88 bits per heavy atom. The number of nitrogens with zero attached hydrogens (tertiary/aromatic N) is 1. The van der Waals surface area contributed by atoms with Crippen molar-refractivity contribution < 1.29 is 4.79 Å². The predicted octanol–water partition coefficient (Wildman–Crippen LogP) is 1.14. The second-order valence-corrected chi connectivity index (χ2v) is 6.23. The van der Waals surface area contributed by atoms with Crippen LogP contribution in [0.2, 0.25) is 0 Å². The van der Waals surface area contributed by atoms with Gasteiger partial charge in [0.15, 0.2) is 0 Å². The first kappa shape index (κ1) is 12.4. The molecular weight excluding hydrogens is 234 g/mol. The monoisotopic (exact) mass is 251 g/mol. The van der Waals surface area contributed by atoms with Crippen molar-refractivity contribution in [3.05, 3.63) is 30.1 Å². The van der Waals surface area contributed by atoms with Crippen LogP contribution in [-0.4, -0.2) is 27.6 Å². The topological polar surface area (TPSA) is 54.0 Å². The Bertz CT molecular complexity index is 394. The fourth-order valence-electron chi connectivity index (χ4n) is 1.84. The Labute approximate surface area is 106 Å². The molecule has 0 aromatic carbocycles. The highest BCUT2D eigenvalue weighted by Gasteiger charge is 2.39. The third-order valence-electron chi connectivity index (χ3n) is 2.91. The molecule has 2 N–H and O–H groups in total. The molecule has 1 aliphatic rings. The number of hydrogen-bond acceptors (Lipinski definition) is 4. The van der Waals surface area contributed by atoms with Crippen LogP contribution in [0.3, 0.4) is 0 Å². The maximum absolute atomic E-state index is 12.0. The molecule has 0 bridgehead atoms. The SMILES string of the molecule is CC1(C)SCN[C@@H]1C(=O)NCc1ccncc1. The summed E-state index contributed by atoms with van der Waals surface area (Å²) in [7, 11) is 0. The van der Waals surface area contributed by atoms with Crippen molar-refractivity contribution in [1.82, 2.24) is 15.6 Å². The summed E-state index contributed by atoms with van der Waals surface area (Å²) < 4.78 is -0.0394. The number of carbonyl (C=O) groups is 1. The van der Waals surface area contributed by atoms with E-state index in [1.54, 1.807) is 24.2 Å². The Morgan fingerprint density at radius 1 is 1.59 bits per heavy atom. The molecule has 1 saturated heterocycles. The molecule has 1 aliphatic heterocycles. The first-order valence-corrected chi connectivity index (χ1v) is 6.62. The van der Waals surface area contributed by atoms with E-state index in [4.69, 9.17) is 0 Å². The normalized spacial score (nSPS) is 22.4. The largest absolute Gasteiger partial charge is 0.351 e. The molecule has 1 amide bonds. The minimum absolute atomic E-state index is 0.0394. The number of amides is 1. The van der Waals surface area contributed by atoms with Gasteiger partial charge in [-0.2, -0.15) is 0 Å². The molecule has 1 atom stereocenters. The quantitative estimate of drug-likeness (QED) is 0.846. The van der Waals surface area contributed by atoms with Gasteiger partial charge in [-0.05, 0) is 31.5 Å². The van der Waals surface area contributed by atoms with E-state index in [0.717, 1.165) is 11.4 Å². The highest BCUT2D eigenvalue weighted by atomic mass is 32.2. The third-order valence-corrected chi connectivity index (χ3v) is 4.20. The molecule has 0 saturated carbocycles. The average Bonchev–Trinajstić information content (AvgIpc) is 2.67. The number of nitrogens with one attached hydrogen (secondary N) is 2. The Balaban J connectivity index is 1.90. The summed E-state index contributed by atoms with van der Waals surface area (Å²) in [5.41, 5.74) is 1.07. The van der Waals surface area contributed by atoms with Gasteiger partial charge in [-0.1, -0.05) is 0 Å². The van der Waals surface area contributed by atoms with Crippen molar-refractivity contribution in [2.24, 2.45) is 0 Å². The van der Waals surface area contributed by atoms with Crippen molar-refractivity contribution >= 4 is 17.7 Å². The van der Waals surface area contributed by atoms with Crippen LogP contribution in [0.5, 0.6) is 0 Å². The Morgan fingerprint density at radius 2 is 2.29 bits per heavy atom. The lowest BCUT2D eigenvalue weighted by Crippen LogP contribution is -2.49. The molecule has 17 heavy (non-hydrogen) atoms. The molecular formula is C12H17N3OS. The molecule has 5 heteroatoms. The van der Waals surface area contributed by atoms with Crippen molar-refractivity contribution in [3.63, 3.8) is 0 Å². The zero-order valence-electron chi connectivity index (χ0n) is 10.1. The van der Waals surface area contributed by atoms with Gasteiger partial charge in [-0.25, -0.2) is 0 Å². The molecule has 0 aliphatic carbocycles. The lowest BCUT2D eigenvalue weighted by molar-refractivity contribution is -0.123. The fraction of sp³-hybridized carbons (Fsp3) is 0.500. The smallest absolute Gasteiger partial charge is 0.238 e. The van der Waals surface area contributed by atoms with Crippen molar-refractivity contribution in [2.45, 2.75) is 31.2 Å². The van der Waals surface area contributed by atoms with Gasteiger partial charge in [0.25, 0.3) is 0 Å². The van der Waals surface area contributed by atoms with Crippen LogP contribution in [0.1, 0.15) is 19.4 Å². The third kappa shape index (κ3) is 2.98. The Hall–Kier alpha value is -1.07. The molecule has 0 spiro atoms. The van der Waals surface area contributed by atoms with Gasteiger partial charge in [0.2, 0.25) is 5.91 Å². The first-order chi connectivity index (χ1) is 8.09. The highest BCUT2D eigenvalue weighted by Crippen LogP contribution is 2.32. The minimum Gasteiger partial charge on any atom is -0.351 e. The predicted molar refractivity (Wildman–Crippen MR) is 69.5 cm³/mol. The molecule has 92 valence electrons. The lowest BCUT2D eigenvalue weighted by Gasteiger charge is -2.24. The molecule has 4 nitrogen and oxygen atoms in total. The van der Waals surface area contributed by atoms with Crippen LogP contribution in [0.15, 0.2) is 24.5 Å². The van der Waals surface area contributed by atoms with Gasteiger partial charge in [0.1, 0.15) is 6.04 Å². The van der Waals surface area contributed by atoms with E-state index >= 15 is 0 Å².